The number of hydrogen-bond donors (Lipinski definition) is 18. The summed E-state index contributed by atoms with van der Waals surface area (Å²) >= 11 is 0. The zero-order valence-electron chi connectivity index (χ0n) is 39.6. The predicted octanol–water partition coefficient (Wildman–Crippen LogP) is -10.5. The van der Waals surface area contributed by atoms with Crippen LogP contribution in [-0.4, -0.2) is 179 Å². The van der Waals surface area contributed by atoms with Gasteiger partial charge in [-0.05, 0) is 57.8 Å². The monoisotopic (exact) mass is 1030 g/mol. The molecule has 1 fully saturated rings. The number of likely N-dealkylation sites (tertiary alicyclic amines) is 1. The summed E-state index contributed by atoms with van der Waals surface area (Å²) in [5.74, 6) is -12.5. The van der Waals surface area contributed by atoms with E-state index in [-0.39, 0.29) is 102 Å². The molecule has 0 saturated carbocycles. The zero-order chi connectivity index (χ0) is 54.7. The summed E-state index contributed by atoms with van der Waals surface area (Å²) in [6.07, 6.45) is -2.18. The fraction of sp³-hybridized carbons (Fsp3) is 0.641. The summed E-state index contributed by atoms with van der Waals surface area (Å²) in [6.45, 7) is -1.05. The van der Waals surface area contributed by atoms with E-state index in [4.69, 9.17) is 57.3 Å². The molecule has 33 nitrogen and oxygen atoms in total. The van der Waals surface area contributed by atoms with Gasteiger partial charge in [0.2, 0.25) is 59.1 Å². The van der Waals surface area contributed by atoms with Gasteiger partial charge in [-0.3, -0.25) is 62.9 Å². The first-order valence-electron chi connectivity index (χ1n) is 22.5. The lowest BCUT2D eigenvalue weighted by Gasteiger charge is -2.31. The fourth-order valence-corrected chi connectivity index (χ4v) is 6.88. The largest absolute Gasteiger partial charge is 0.480 e. The van der Waals surface area contributed by atoms with Crippen molar-refractivity contribution in [1.29, 1.82) is 0 Å². The number of carbonyl (C=O) groups is 11. The molecular weight excluding hydrogens is 957 g/mol. The van der Waals surface area contributed by atoms with Gasteiger partial charge in [-0.1, -0.05) is 0 Å². The molecule has 0 bridgehead atoms. The van der Waals surface area contributed by atoms with E-state index in [0.29, 0.717) is 0 Å². The molecule has 1 heterocycles. The minimum absolute atomic E-state index is 0.0172. The van der Waals surface area contributed by atoms with Crippen LogP contribution < -0.4 is 89.2 Å². The lowest BCUT2D eigenvalue weighted by atomic mass is 10.0. The number of rotatable bonds is 34. The summed E-state index contributed by atoms with van der Waals surface area (Å²) in [7, 11) is 0. The van der Waals surface area contributed by atoms with E-state index >= 15 is 0 Å². The van der Waals surface area contributed by atoms with Crippen LogP contribution in [0.15, 0.2) is 15.0 Å². The highest BCUT2D eigenvalue weighted by molar-refractivity contribution is 5.99. The number of aliphatic imine (C=N–C) groups is 3. The summed E-state index contributed by atoms with van der Waals surface area (Å²) in [5.41, 5.74) is 54.2. The Kier molecular flexibility index (Phi) is 27.4. The minimum atomic E-state index is -1.81. The van der Waals surface area contributed by atoms with Gasteiger partial charge in [-0.2, -0.15) is 0 Å². The number of carboxylic acids is 1. The number of nitrogens with one attached hydrogen (secondary N) is 6. The van der Waals surface area contributed by atoms with Crippen LogP contribution in [0.1, 0.15) is 77.0 Å². The summed E-state index contributed by atoms with van der Waals surface area (Å²) in [5, 5.41) is 33.3. The number of carbonyl (C=O) groups excluding carboxylic acids is 10. The van der Waals surface area contributed by atoms with Gasteiger partial charge in [0, 0.05) is 32.6 Å². The molecule has 1 rings (SSSR count). The molecule has 404 valence electrons. The van der Waals surface area contributed by atoms with E-state index in [0.717, 1.165) is 4.90 Å². The molecule has 33 heteroatoms. The van der Waals surface area contributed by atoms with Gasteiger partial charge in [-0.15, -0.1) is 0 Å². The van der Waals surface area contributed by atoms with Crippen molar-refractivity contribution in [2.24, 2.45) is 72.3 Å². The molecule has 0 aliphatic carbocycles. The van der Waals surface area contributed by atoms with Gasteiger partial charge in [0.05, 0.1) is 25.5 Å². The number of primary amides is 3. The summed E-state index contributed by atoms with van der Waals surface area (Å²) in [6, 6.07) is -12.4. The van der Waals surface area contributed by atoms with Gasteiger partial charge in [0.25, 0.3) is 0 Å². The Hall–Kier alpha value is -8.10. The van der Waals surface area contributed by atoms with Gasteiger partial charge < -0.3 is 104 Å². The van der Waals surface area contributed by atoms with Crippen LogP contribution in [0.3, 0.4) is 0 Å². The zero-order valence-corrected chi connectivity index (χ0v) is 39.6. The first-order chi connectivity index (χ1) is 33.8. The lowest BCUT2D eigenvalue weighted by molar-refractivity contribution is -0.144. The van der Waals surface area contributed by atoms with Gasteiger partial charge in [-0.25, -0.2) is 4.79 Å². The third kappa shape index (κ3) is 24.0. The molecule has 0 spiro atoms. The van der Waals surface area contributed by atoms with E-state index in [2.05, 4.69) is 41.6 Å². The highest BCUT2D eigenvalue weighted by Crippen LogP contribution is 2.20. The number of carboxylic acid groups (broad SMARTS) is 1. The van der Waals surface area contributed by atoms with Gasteiger partial charge in [0.15, 0.2) is 17.9 Å². The first-order valence-corrected chi connectivity index (χ1v) is 22.5. The summed E-state index contributed by atoms with van der Waals surface area (Å²) < 4.78 is 0. The smallest absolute Gasteiger partial charge is 0.326 e. The normalized spacial score (nSPS) is 15.8. The van der Waals surface area contributed by atoms with Crippen molar-refractivity contribution < 1.29 is 63.0 Å². The van der Waals surface area contributed by atoms with E-state index in [9.17, 15) is 63.0 Å². The van der Waals surface area contributed by atoms with Crippen molar-refractivity contribution in [1.82, 2.24) is 36.8 Å². The second kappa shape index (κ2) is 31.9. The maximum Gasteiger partial charge on any atom is 0.326 e. The molecular formula is C39H70N20O13. The number of aliphatic hydroxyl groups is 1. The number of amides is 10. The highest BCUT2D eigenvalue weighted by Gasteiger charge is 2.40. The van der Waals surface area contributed by atoms with E-state index in [1.165, 1.54) is 0 Å². The maximum atomic E-state index is 14.3. The number of hydrogen-bond acceptors (Lipinski definition) is 16. The lowest BCUT2D eigenvalue weighted by Crippen LogP contribution is -2.60. The molecule has 1 saturated heterocycles. The molecule has 1 aliphatic rings. The number of guanidine groups is 3. The minimum Gasteiger partial charge on any atom is -0.480 e. The molecule has 0 aromatic heterocycles. The van der Waals surface area contributed by atoms with Crippen LogP contribution in [0.2, 0.25) is 0 Å². The molecule has 1 aliphatic heterocycles. The van der Waals surface area contributed by atoms with Gasteiger partial charge >= 0.3 is 5.97 Å². The third-order valence-electron chi connectivity index (χ3n) is 10.5. The number of aliphatic hydroxyl groups excluding tert-OH is 1. The highest BCUT2D eigenvalue weighted by atomic mass is 16.4. The van der Waals surface area contributed by atoms with Crippen LogP contribution in [-0.2, 0) is 52.7 Å². The second-order valence-corrected chi connectivity index (χ2v) is 16.4. The van der Waals surface area contributed by atoms with E-state index < -0.39 is 139 Å². The van der Waals surface area contributed by atoms with E-state index in [1.807, 2.05) is 5.32 Å². The molecule has 8 atom stereocenters. The van der Waals surface area contributed by atoms with Crippen LogP contribution in [0.5, 0.6) is 0 Å². The molecule has 0 aromatic rings. The SMILES string of the molecule is NC(=O)CCC(NC(=O)C(N)CCCN=C(N)N)C(=O)NC(CC(N)=O)C(=O)NC(CCCN=C(N)N)C(=O)NC(CCCN=C(N)N)C(=O)N1CCCC1C(=O)NC(CO)C(=O)NC(CC(N)=O)C(=O)O. The van der Waals surface area contributed by atoms with Crippen LogP contribution in [0.25, 0.3) is 0 Å². The average Bonchev–Trinajstić information content (AvgIpc) is 3.79. The molecule has 0 radical (unpaired) electrons. The molecule has 0 aromatic carbocycles. The standard InChI is InChI=1S/C39H70N20O13/c40-18(5-1-11-50-37(44)45)29(64)53-20(9-10-26(41)61)31(66)56-22(15-27(42)62)32(67)54-19(6-2-12-51-38(46)47)30(65)55-21(7-3-13-52-39(48)49)35(70)59-14-4-8-25(59)34(69)58-24(17-60)33(68)57-23(36(71)72)16-28(43)63/h18-25,60H,1-17,40H2,(H2,41,61)(H2,42,62)(H2,43,63)(H,53,64)(H,54,67)(H,55,65)(H,56,66)(H,57,68)(H,58,69)(H,71,72)(H4,44,45,50)(H4,46,47,51)(H4,48,49,52). The predicted molar refractivity (Wildman–Crippen MR) is 255 cm³/mol. The molecule has 28 N–H and O–H groups in total. The van der Waals surface area contributed by atoms with Gasteiger partial charge in [0.1, 0.15) is 42.3 Å². The maximum absolute atomic E-state index is 14.3. The van der Waals surface area contributed by atoms with E-state index in [1.54, 1.807) is 0 Å². The number of nitrogens with zero attached hydrogens (tertiary/aromatic N) is 4. The van der Waals surface area contributed by atoms with Crippen LogP contribution >= 0.6 is 0 Å². The number of nitrogens with two attached hydrogens (primary N) is 10. The quantitative estimate of drug-likeness (QED) is 0.0162. The van der Waals surface area contributed by atoms with Crippen molar-refractivity contribution in [3.8, 4) is 0 Å². The Balaban J connectivity index is 3.52. The fourth-order valence-electron chi connectivity index (χ4n) is 6.88. The third-order valence-corrected chi connectivity index (χ3v) is 10.5. The molecule has 8 unspecified atom stereocenters. The second-order valence-electron chi connectivity index (χ2n) is 16.4. The Morgan fingerprint density at radius 3 is 1.42 bits per heavy atom. The first kappa shape index (κ1) is 61.9. The Labute approximate surface area is 412 Å². The van der Waals surface area contributed by atoms with Crippen molar-refractivity contribution >= 4 is 82.9 Å². The molecule has 10 amide bonds. The Morgan fingerprint density at radius 1 is 0.514 bits per heavy atom. The van der Waals surface area contributed by atoms with Crippen LogP contribution in [0.4, 0.5) is 0 Å². The van der Waals surface area contributed by atoms with Crippen molar-refractivity contribution in [3.05, 3.63) is 0 Å². The van der Waals surface area contributed by atoms with Crippen molar-refractivity contribution in [2.45, 2.75) is 125 Å². The summed E-state index contributed by atoms with van der Waals surface area (Å²) in [4.78, 5) is 155. The number of aliphatic carboxylic acids is 1. The average molecular weight is 1030 g/mol. The molecule has 72 heavy (non-hydrogen) atoms. The van der Waals surface area contributed by atoms with Crippen molar-refractivity contribution in [2.75, 3.05) is 32.8 Å². The van der Waals surface area contributed by atoms with Crippen molar-refractivity contribution in [3.63, 3.8) is 0 Å². The van der Waals surface area contributed by atoms with Crippen LogP contribution in [0, 0.1) is 0 Å². The topological polar surface area (TPSA) is 601 Å². The Morgan fingerprint density at radius 2 is 0.931 bits per heavy atom. The Bertz CT molecular complexity index is 2030.